The van der Waals surface area contributed by atoms with Crippen molar-refractivity contribution in [1.82, 2.24) is 55.5 Å². The van der Waals surface area contributed by atoms with Crippen LogP contribution < -0.4 is 37.9 Å². The minimum Gasteiger partial charge on any atom is -0.480 e. The Morgan fingerprint density at radius 1 is 0.687 bits per heavy atom. The third kappa shape index (κ3) is 24.9. The minimum atomic E-state index is -1.31. The number of hydrogen-bond acceptors (Lipinski definition) is 21. The molecule has 31 heteroatoms. The Hall–Kier alpha value is -8.04. The Balaban J connectivity index is 0.893. The molecule has 0 radical (unpaired) electrons. The van der Waals surface area contributed by atoms with Crippen LogP contribution >= 0.6 is 12.2 Å². The van der Waals surface area contributed by atoms with Gasteiger partial charge in [-0.1, -0.05) is 12.1 Å². The summed E-state index contributed by atoms with van der Waals surface area (Å²) in [5, 5.41) is 63.4. The van der Waals surface area contributed by atoms with E-state index in [-0.39, 0.29) is 153 Å². The summed E-state index contributed by atoms with van der Waals surface area (Å²) in [6.07, 6.45) is 2.83. The van der Waals surface area contributed by atoms with E-state index in [9.17, 15) is 63.9 Å². The molecule has 30 nitrogen and oxygen atoms in total. The van der Waals surface area contributed by atoms with Crippen LogP contribution in [0.1, 0.15) is 53.7 Å². The Morgan fingerprint density at radius 2 is 1.27 bits per heavy atom. The molecule has 1 saturated heterocycles. The van der Waals surface area contributed by atoms with Crippen molar-refractivity contribution in [1.29, 1.82) is 0 Å². The lowest BCUT2D eigenvalue weighted by Gasteiger charge is -2.35. The van der Waals surface area contributed by atoms with Gasteiger partial charge < -0.3 is 62.6 Å². The first-order valence-corrected chi connectivity index (χ1v) is 27.1. The number of fused-ring (bicyclic) bond motifs is 1. The lowest BCUT2D eigenvalue weighted by atomic mass is 10.0. The minimum absolute atomic E-state index is 0.0369. The number of benzene rings is 2. The Bertz CT molecular complexity index is 2820. The van der Waals surface area contributed by atoms with E-state index in [1.54, 1.807) is 31.7 Å². The third-order valence-corrected chi connectivity index (χ3v) is 13.1. The summed E-state index contributed by atoms with van der Waals surface area (Å²) in [7, 11) is 0. The number of nitrogens with two attached hydrogens (primary N) is 1. The standard InChI is InChI=1S/C52H72N14O16S/c53-51-61-46-45(48(75)62-51)58-38(30-57-46)29-56-36-10-6-35(7-11-36)47(74)60-39(49(76)77)12-14-41(67)54-15-1-25-80-27-28-82-81-26-2-16-55-52(83)59-37-8-3-34(4-9-37)5-13-40(50(78)79)66-23-21-64(32-43(70)71)19-17-63(31-42(68)69)18-20-65(22-24-66)33-44(72)73/h3-4,6-11,30,39-40,56H,1-2,5,12-29,31-33H2,(H,54,67)(H,60,74)(H,68,69)(H,70,71)(H,72,73)(H,76,77)(H,78,79)(H2,55,59,83)(H3,53,57,61,62,75)/t39-,40?/m0/s1. The molecule has 1 aliphatic heterocycles. The molecule has 2 aromatic carbocycles. The van der Waals surface area contributed by atoms with Gasteiger partial charge in [0.15, 0.2) is 16.3 Å². The van der Waals surface area contributed by atoms with E-state index in [1.165, 1.54) is 18.3 Å². The van der Waals surface area contributed by atoms with Gasteiger partial charge in [0.25, 0.3) is 11.5 Å². The SMILES string of the molecule is Nc1nc2ncc(CNc3ccc(C(=O)N[C@@H](CCC(=O)NCCCOCCOOCCCNC(=S)Nc4ccc(CCC(C(=O)O)N5CCN(CC(=O)O)CCN(CC(=O)O)CCN(CC(=O)O)CC5)cc4)C(=O)O)cc3)nc2c(=O)[nH]1. The van der Waals surface area contributed by atoms with Gasteiger partial charge in [-0.15, -0.1) is 0 Å². The molecule has 2 amide bonds. The second-order valence-electron chi connectivity index (χ2n) is 19.1. The number of aromatic nitrogens is 4. The van der Waals surface area contributed by atoms with Crippen LogP contribution in [0.15, 0.2) is 59.5 Å². The number of carbonyl (C=O) groups is 7. The maximum atomic E-state index is 12.9. The molecular formula is C52H72N14O16S. The average Bonchev–Trinajstić information content (AvgIpc) is 3.44. The fraction of sp³-hybridized carbons (Fsp3) is 0.500. The number of hydrogen-bond donors (Lipinski definition) is 12. The fourth-order valence-electron chi connectivity index (χ4n) is 8.51. The van der Waals surface area contributed by atoms with Gasteiger partial charge in [-0.2, -0.15) is 4.98 Å². The highest BCUT2D eigenvalue weighted by Crippen LogP contribution is 2.17. The lowest BCUT2D eigenvalue weighted by molar-refractivity contribution is -0.299. The van der Waals surface area contributed by atoms with Crippen LogP contribution in [0, 0.1) is 0 Å². The molecule has 0 spiro atoms. The molecule has 13 N–H and O–H groups in total. The van der Waals surface area contributed by atoms with Gasteiger partial charge in [-0.25, -0.2) is 24.5 Å². The molecule has 2 aromatic heterocycles. The predicted molar refractivity (Wildman–Crippen MR) is 303 cm³/mol. The second kappa shape index (κ2) is 35.1. The van der Waals surface area contributed by atoms with E-state index in [1.807, 2.05) is 24.3 Å². The van der Waals surface area contributed by atoms with Gasteiger partial charge in [0.05, 0.1) is 51.3 Å². The number of carboxylic acid groups (broad SMARTS) is 5. The van der Waals surface area contributed by atoms with E-state index in [0.717, 1.165) is 5.56 Å². The van der Waals surface area contributed by atoms with Crippen molar-refractivity contribution >= 4 is 87.5 Å². The zero-order chi connectivity index (χ0) is 60.1. The normalized spacial score (nSPS) is 14.7. The number of carbonyl (C=O) groups excluding carboxylic acids is 2. The van der Waals surface area contributed by atoms with Gasteiger partial charge in [-0.3, -0.25) is 58.1 Å². The first-order chi connectivity index (χ1) is 39.8. The molecule has 1 fully saturated rings. The van der Waals surface area contributed by atoms with Crippen molar-refractivity contribution in [2.24, 2.45) is 0 Å². The van der Waals surface area contributed by atoms with Gasteiger partial charge in [0.1, 0.15) is 18.7 Å². The number of ether oxygens (including phenoxy) is 1. The van der Waals surface area contributed by atoms with Crippen LogP contribution in [0.2, 0.25) is 0 Å². The summed E-state index contributed by atoms with van der Waals surface area (Å²) >= 11 is 5.43. The van der Waals surface area contributed by atoms with Crippen LogP contribution in [-0.4, -0.2) is 235 Å². The highest BCUT2D eigenvalue weighted by atomic mass is 32.1. The quantitative estimate of drug-likeness (QED) is 0.0125. The predicted octanol–water partition coefficient (Wildman–Crippen LogP) is -0.420. The monoisotopic (exact) mass is 1180 g/mol. The molecule has 83 heavy (non-hydrogen) atoms. The first kappa shape index (κ1) is 65.8. The zero-order valence-corrected chi connectivity index (χ0v) is 46.5. The largest absolute Gasteiger partial charge is 0.480 e. The van der Waals surface area contributed by atoms with Crippen LogP contribution in [0.5, 0.6) is 0 Å². The molecule has 2 atom stereocenters. The maximum absolute atomic E-state index is 12.9. The summed E-state index contributed by atoms with van der Waals surface area (Å²) in [5.41, 5.74) is 8.01. The number of nitrogens with zero attached hydrogens (tertiary/aromatic N) is 7. The van der Waals surface area contributed by atoms with Crippen LogP contribution in [0.3, 0.4) is 0 Å². The first-order valence-electron chi connectivity index (χ1n) is 26.7. The molecule has 0 bridgehead atoms. The number of nitrogen functional groups attached to an aromatic ring is 1. The summed E-state index contributed by atoms with van der Waals surface area (Å²) < 4.78 is 5.52. The van der Waals surface area contributed by atoms with Gasteiger partial charge in [0, 0.05) is 95.4 Å². The molecule has 4 aromatic rings. The van der Waals surface area contributed by atoms with Crippen LogP contribution in [0.4, 0.5) is 17.3 Å². The number of aromatic amines is 1. The van der Waals surface area contributed by atoms with Crippen molar-refractivity contribution in [2.75, 3.05) is 128 Å². The van der Waals surface area contributed by atoms with Crippen molar-refractivity contribution < 1.29 is 73.6 Å². The molecule has 1 unspecified atom stereocenters. The van der Waals surface area contributed by atoms with Gasteiger partial charge in [-0.05, 0) is 86.3 Å². The van der Waals surface area contributed by atoms with E-state index >= 15 is 0 Å². The molecule has 1 aliphatic rings. The number of anilines is 3. The van der Waals surface area contributed by atoms with Gasteiger partial charge >= 0.3 is 29.8 Å². The summed E-state index contributed by atoms with van der Waals surface area (Å²) in [6.45, 7) is 2.68. The molecular weight excluding hydrogens is 1110 g/mol. The zero-order valence-electron chi connectivity index (χ0n) is 45.7. The summed E-state index contributed by atoms with van der Waals surface area (Å²) in [6, 6.07) is 11.3. The molecule has 3 heterocycles. The Kier molecular flexibility index (Phi) is 27.8. The molecule has 5 rings (SSSR count). The van der Waals surface area contributed by atoms with Crippen molar-refractivity contribution in [3.63, 3.8) is 0 Å². The summed E-state index contributed by atoms with van der Waals surface area (Å²) in [4.78, 5) is 129. The highest BCUT2D eigenvalue weighted by Gasteiger charge is 2.28. The fourth-order valence-corrected chi connectivity index (χ4v) is 8.73. The summed E-state index contributed by atoms with van der Waals surface area (Å²) in [5.74, 6) is -6.65. The average molecular weight is 1180 g/mol. The number of carboxylic acids is 5. The third-order valence-electron chi connectivity index (χ3n) is 12.8. The van der Waals surface area contributed by atoms with E-state index in [0.29, 0.717) is 54.6 Å². The van der Waals surface area contributed by atoms with Crippen molar-refractivity contribution in [3.05, 3.63) is 81.9 Å². The number of aliphatic carboxylic acids is 5. The maximum Gasteiger partial charge on any atom is 0.326 e. The molecule has 452 valence electrons. The number of H-pyrrole nitrogens is 1. The number of aryl methyl sites for hydroxylation is 1. The van der Waals surface area contributed by atoms with E-state index < -0.39 is 53.4 Å². The molecule has 0 saturated carbocycles. The Labute approximate surface area is 482 Å². The van der Waals surface area contributed by atoms with Crippen molar-refractivity contribution in [3.8, 4) is 0 Å². The van der Waals surface area contributed by atoms with Crippen molar-refractivity contribution in [2.45, 2.75) is 57.2 Å². The Morgan fingerprint density at radius 3 is 1.87 bits per heavy atom. The van der Waals surface area contributed by atoms with E-state index in [2.05, 4.69) is 46.5 Å². The van der Waals surface area contributed by atoms with Crippen LogP contribution in [0.25, 0.3) is 11.2 Å². The molecule has 0 aliphatic carbocycles. The highest BCUT2D eigenvalue weighted by molar-refractivity contribution is 7.80. The number of amides is 2. The van der Waals surface area contributed by atoms with Crippen LogP contribution in [-0.2, 0) is 56.2 Å². The topological polar surface area (TPSA) is 419 Å². The lowest BCUT2D eigenvalue weighted by Crippen LogP contribution is -2.51. The van der Waals surface area contributed by atoms with E-state index in [4.69, 9.17) is 32.5 Å². The second-order valence-corrected chi connectivity index (χ2v) is 19.6. The number of nitrogens with one attached hydrogen (secondary N) is 6. The van der Waals surface area contributed by atoms with Gasteiger partial charge in [0.2, 0.25) is 11.9 Å². The number of rotatable bonds is 33. The smallest absolute Gasteiger partial charge is 0.326 e. The number of thiocarbonyl (C=S) groups is 1.